The van der Waals surface area contributed by atoms with Gasteiger partial charge in [0.2, 0.25) is 5.91 Å². The molecule has 2 heterocycles. The Morgan fingerprint density at radius 2 is 1.92 bits per heavy atom. The second-order valence-corrected chi connectivity index (χ2v) is 6.83. The normalized spacial score (nSPS) is 20.9. The highest BCUT2D eigenvalue weighted by Gasteiger charge is 2.32. The maximum Gasteiger partial charge on any atom is 0.254 e. The van der Waals surface area contributed by atoms with E-state index in [-0.39, 0.29) is 17.9 Å². The molecular formula is C19H27N3O4. The average Bonchev–Trinajstić information content (AvgIpc) is 2.67. The lowest BCUT2D eigenvalue weighted by atomic mass is 10.0. The Labute approximate surface area is 154 Å². The zero-order valence-corrected chi connectivity index (χ0v) is 15.7. The number of carbonyl (C=O) groups is 2. The largest absolute Gasteiger partial charge is 0.493 e. The molecule has 7 heteroatoms. The van der Waals surface area contributed by atoms with Crippen molar-refractivity contribution in [3.05, 3.63) is 23.3 Å². The van der Waals surface area contributed by atoms with Crippen LogP contribution >= 0.6 is 0 Å². The number of nitrogens with zero attached hydrogens (tertiary/aromatic N) is 2. The topological polar surface area (TPSA) is 71.1 Å². The number of amides is 2. The summed E-state index contributed by atoms with van der Waals surface area (Å²) in [7, 11) is 3.15. The van der Waals surface area contributed by atoms with Crippen LogP contribution in [0.4, 0.5) is 0 Å². The van der Waals surface area contributed by atoms with Gasteiger partial charge in [0, 0.05) is 37.8 Å². The summed E-state index contributed by atoms with van der Waals surface area (Å²) in [6.07, 6.45) is 1.85. The molecule has 7 nitrogen and oxygen atoms in total. The van der Waals surface area contributed by atoms with Crippen LogP contribution in [0.1, 0.15) is 28.8 Å². The van der Waals surface area contributed by atoms with Crippen molar-refractivity contribution in [1.29, 1.82) is 0 Å². The number of aryl methyl sites for hydroxylation is 1. The molecule has 0 saturated carbocycles. The Balaban J connectivity index is 1.78. The number of piperidine rings is 1. The van der Waals surface area contributed by atoms with E-state index in [9.17, 15) is 9.59 Å². The zero-order valence-electron chi connectivity index (χ0n) is 15.7. The van der Waals surface area contributed by atoms with Crippen molar-refractivity contribution in [2.75, 3.05) is 46.9 Å². The molecule has 1 atom stereocenters. The molecule has 0 bridgehead atoms. The van der Waals surface area contributed by atoms with Gasteiger partial charge in [-0.1, -0.05) is 0 Å². The molecule has 2 saturated heterocycles. The molecule has 1 unspecified atom stereocenters. The van der Waals surface area contributed by atoms with E-state index in [2.05, 4.69) is 5.32 Å². The fraction of sp³-hybridized carbons (Fsp3) is 0.579. The van der Waals surface area contributed by atoms with Gasteiger partial charge < -0.3 is 24.6 Å². The van der Waals surface area contributed by atoms with Crippen LogP contribution in [0.15, 0.2) is 12.1 Å². The summed E-state index contributed by atoms with van der Waals surface area (Å²) in [5.41, 5.74) is 1.47. The van der Waals surface area contributed by atoms with Crippen molar-refractivity contribution in [2.24, 2.45) is 0 Å². The first-order valence-corrected chi connectivity index (χ1v) is 9.07. The number of piperazine rings is 1. The van der Waals surface area contributed by atoms with E-state index in [1.54, 1.807) is 20.3 Å². The minimum atomic E-state index is -0.0178. The molecular weight excluding hydrogens is 334 g/mol. The molecule has 3 rings (SSSR count). The second-order valence-electron chi connectivity index (χ2n) is 6.83. The van der Waals surface area contributed by atoms with Crippen molar-refractivity contribution in [1.82, 2.24) is 15.1 Å². The van der Waals surface area contributed by atoms with Crippen LogP contribution in [-0.2, 0) is 4.79 Å². The summed E-state index contributed by atoms with van der Waals surface area (Å²) >= 11 is 0. The first-order chi connectivity index (χ1) is 12.5. The third-order valence-electron chi connectivity index (χ3n) is 5.21. The quantitative estimate of drug-likeness (QED) is 0.868. The number of rotatable bonds is 4. The lowest BCUT2D eigenvalue weighted by Gasteiger charge is -2.41. The second kappa shape index (κ2) is 7.95. The van der Waals surface area contributed by atoms with Crippen molar-refractivity contribution in [2.45, 2.75) is 25.8 Å². The molecule has 0 radical (unpaired) electrons. The lowest BCUT2D eigenvalue weighted by molar-refractivity contribution is -0.135. The zero-order chi connectivity index (χ0) is 18.7. The Hall–Kier alpha value is -2.28. The predicted molar refractivity (Wildman–Crippen MR) is 97.8 cm³/mol. The molecule has 0 aliphatic carbocycles. The van der Waals surface area contributed by atoms with Crippen LogP contribution < -0.4 is 14.8 Å². The van der Waals surface area contributed by atoms with Crippen LogP contribution in [0, 0.1) is 6.92 Å². The molecule has 0 aromatic heterocycles. The summed E-state index contributed by atoms with van der Waals surface area (Å²) in [5.74, 6) is 1.27. The summed E-state index contributed by atoms with van der Waals surface area (Å²) in [6.45, 7) is 5.10. The Morgan fingerprint density at radius 3 is 2.62 bits per heavy atom. The van der Waals surface area contributed by atoms with E-state index in [0.29, 0.717) is 43.2 Å². The van der Waals surface area contributed by atoms with Crippen molar-refractivity contribution < 1.29 is 19.1 Å². The summed E-state index contributed by atoms with van der Waals surface area (Å²) in [5, 5.41) is 3.10. The number of likely N-dealkylation sites (tertiary alicyclic amines) is 1. The standard InChI is InChI=1S/C19H27N3O4/c1-13-9-16(25-2)17(26-3)10-15(13)19(24)21-7-4-5-14(12-21)22-8-6-20-11-18(22)23/h9-10,14,20H,4-8,11-12H2,1-3H3. The van der Waals surface area contributed by atoms with Gasteiger partial charge >= 0.3 is 0 Å². The SMILES string of the molecule is COc1cc(C)c(C(=O)N2CCCC(N3CCNCC3=O)C2)cc1OC. The van der Waals surface area contributed by atoms with E-state index in [1.165, 1.54) is 0 Å². The number of benzene rings is 1. The molecule has 1 aromatic carbocycles. The van der Waals surface area contributed by atoms with Crippen LogP contribution in [-0.4, -0.2) is 74.6 Å². The van der Waals surface area contributed by atoms with Gasteiger partial charge in [-0.25, -0.2) is 0 Å². The molecule has 26 heavy (non-hydrogen) atoms. The maximum atomic E-state index is 13.1. The number of methoxy groups -OCH3 is 2. The summed E-state index contributed by atoms with van der Waals surface area (Å²) in [4.78, 5) is 29.1. The summed E-state index contributed by atoms with van der Waals surface area (Å²) < 4.78 is 10.6. The van der Waals surface area contributed by atoms with Gasteiger partial charge in [-0.05, 0) is 37.5 Å². The van der Waals surface area contributed by atoms with E-state index in [1.807, 2.05) is 22.8 Å². The van der Waals surface area contributed by atoms with Gasteiger partial charge in [0.1, 0.15) is 0 Å². The fourth-order valence-electron chi connectivity index (χ4n) is 3.78. The number of nitrogens with one attached hydrogen (secondary N) is 1. The molecule has 0 spiro atoms. The minimum absolute atomic E-state index is 0.0178. The Morgan fingerprint density at radius 1 is 1.19 bits per heavy atom. The fourth-order valence-corrected chi connectivity index (χ4v) is 3.78. The lowest BCUT2D eigenvalue weighted by Crippen LogP contribution is -2.57. The van der Waals surface area contributed by atoms with E-state index >= 15 is 0 Å². The van der Waals surface area contributed by atoms with E-state index in [0.717, 1.165) is 24.9 Å². The molecule has 2 aliphatic heterocycles. The Bertz CT molecular complexity index is 692. The van der Waals surface area contributed by atoms with E-state index < -0.39 is 0 Å². The predicted octanol–water partition coefficient (Wildman–Crippen LogP) is 1.05. The van der Waals surface area contributed by atoms with Gasteiger partial charge in [0.15, 0.2) is 11.5 Å². The van der Waals surface area contributed by atoms with E-state index in [4.69, 9.17) is 9.47 Å². The van der Waals surface area contributed by atoms with Crippen LogP contribution in [0.5, 0.6) is 11.5 Å². The van der Waals surface area contributed by atoms with Gasteiger partial charge in [0.25, 0.3) is 5.91 Å². The molecule has 2 amide bonds. The summed E-state index contributed by atoms with van der Waals surface area (Å²) in [6, 6.07) is 3.67. The van der Waals surface area contributed by atoms with Crippen molar-refractivity contribution in [3.8, 4) is 11.5 Å². The smallest absolute Gasteiger partial charge is 0.254 e. The molecule has 2 fully saturated rings. The highest BCUT2D eigenvalue weighted by atomic mass is 16.5. The molecule has 1 aromatic rings. The molecule has 142 valence electrons. The third-order valence-corrected chi connectivity index (χ3v) is 5.21. The highest BCUT2D eigenvalue weighted by molar-refractivity contribution is 5.96. The maximum absolute atomic E-state index is 13.1. The van der Waals surface area contributed by atoms with Gasteiger partial charge in [-0.15, -0.1) is 0 Å². The monoisotopic (exact) mass is 361 g/mol. The van der Waals surface area contributed by atoms with Crippen LogP contribution in [0.2, 0.25) is 0 Å². The van der Waals surface area contributed by atoms with Gasteiger partial charge in [-0.3, -0.25) is 9.59 Å². The number of ether oxygens (including phenoxy) is 2. The first-order valence-electron chi connectivity index (χ1n) is 9.07. The number of hydrogen-bond acceptors (Lipinski definition) is 5. The van der Waals surface area contributed by atoms with Crippen molar-refractivity contribution >= 4 is 11.8 Å². The number of carbonyl (C=O) groups excluding carboxylic acids is 2. The first kappa shape index (κ1) is 18.5. The Kier molecular flexibility index (Phi) is 5.66. The average molecular weight is 361 g/mol. The number of hydrogen-bond donors (Lipinski definition) is 1. The van der Waals surface area contributed by atoms with Crippen LogP contribution in [0.3, 0.4) is 0 Å². The third kappa shape index (κ3) is 3.62. The molecule has 1 N–H and O–H groups in total. The van der Waals surface area contributed by atoms with Crippen LogP contribution in [0.25, 0.3) is 0 Å². The van der Waals surface area contributed by atoms with Gasteiger partial charge in [0.05, 0.1) is 20.8 Å². The highest BCUT2D eigenvalue weighted by Crippen LogP contribution is 2.31. The molecule has 2 aliphatic rings. The van der Waals surface area contributed by atoms with Crippen molar-refractivity contribution in [3.63, 3.8) is 0 Å². The van der Waals surface area contributed by atoms with Gasteiger partial charge in [-0.2, -0.15) is 0 Å². The minimum Gasteiger partial charge on any atom is -0.493 e.